The van der Waals surface area contributed by atoms with E-state index in [0.717, 1.165) is 40.7 Å². The summed E-state index contributed by atoms with van der Waals surface area (Å²) >= 11 is 0. The van der Waals surface area contributed by atoms with Crippen molar-refractivity contribution >= 4 is 27.3 Å². The van der Waals surface area contributed by atoms with Gasteiger partial charge >= 0.3 is 5.69 Å². The van der Waals surface area contributed by atoms with E-state index in [2.05, 4.69) is 5.32 Å². The van der Waals surface area contributed by atoms with Crippen LogP contribution in [0.5, 0.6) is 0 Å². The Balaban J connectivity index is 2.39. The highest BCUT2D eigenvalue weighted by Gasteiger charge is 2.24. The van der Waals surface area contributed by atoms with E-state index in [4.69, 9.17) is 0 Å². The lowest BCUT2D eigenvalue weighted by molar-refractivity contribution is -0.387. The van der Waals surface area contributed by atoms with E-state index < -0.39 is 43.7 Å². The lowest BCUT2D eigenvalue weighted by atomic mass is 10.2. The maximum Gasteiger partial charge on any atom is 0.306 e. The van der Waals surface area contributed by atoms with Crippen molar-refractivity contribution in [2.24, 2.45) is 0 Å². The van der Waals surface area contributed by atoms with E-state index in [9.17, 15) is 32.1 Å². The zero-order chi connectivity index (χ0) is 21.1. The summed E-state index contributed by atoms with van der Waals surface area (Å²) < 4.78 is 53.7. The Kier molecular flexibility index (Phi) is 6.41. The summed E-state index contributed by atoms with van der Waals surface area (Å²) in [7, 11) is -3.92. The van der Waals surface area contributed by atoms with Gasteiger partial charge in [-0.1, -0.05) is 13.8 Å². The van der Waals surface area contributed by atoms with Crippen molar-refractivity contribution in [3.63, 3.8) is 0 Å². The third-order valence-electron chi connectivity index (χ3n) is 3.93. The van der Waals surface area contributed by atoms with Gasteiger partial charge in [0.1, 0.15) is 5.82 Å². The van der Waals surface area contributed by atoms with Crippen LogP contribution in [0, 0.1) is 21.7 Å². The molecule has 2 aromatic rings. The van der Waals surface area contributed by atoms with Crippen molar-refractivity contribution in [2.45, 2.75) is 18.7 Å². The van der Waals surface area contributed by atoms with Crippen molar-refractivity contribution in [1.29, 1.82) is 0 Å². The molecule has 150 valence electrons. The minimum absolute atomic E-state index is 0.144. The average molecular weight is 413 g/mol. The SMILES string of the molecule is CCN(CC)S(=O)(=O)c1ccc(F)c(C(=O)Nc2ccc(F)c([N+](=O)[O-])c2)c1. The first-order valence-electron chi connectivity index (χ1n) is 8.16. The van der Waals surface area contributed by atoms with Gasteiger partial charge in [0, 0.05) is 24.8 Å². The number of nitrogens with one attached hydrogen (secondary N) is 1. The maximum absolute atomic E-state index is 14.1. The van der Waals surface area contributed by atoms with Gasteiger partial charge in [-0.05, 0) is 30.3 Å². The maximum atomic E-state index is 14.1. The third kappa shape index (κ3) is 4.31. The van der Waals surface area contributed by atoms with Gasteiger partial charge in [0.25, 0.3) is 5.91 Å². The van der Waals surface area contributed by atoms with E-state index >= 15 is 0 Å². The number of sulfonamides is 1. The molecule has 11 heteroatoms. The molecule has 8 nitrogen and oxygen atoms in total. The largest absolute Gasteiger partial charge is 0.322 e. The standard InChI is InChI=1S/C17H17F2N3O5S/c1-3-21(4-2)28(26,27)12-6-8-14(18)13(10-12)17(23)20-11-5-7-15(19)16(9-11)22(24)25/h5-10H,3-4H2,1-2H3,(H,20,23). The predicted octanol–water partition coefficient (Wildman–Crippen LogP) is 3.16. The van der Waals surface area contributed by atoms with E-state index in [1.807, 2.05) is 0 Å². The molecule has 0 fully saturated rings. The molecular formula is C17H17F2N3O5S. The first kappa shape index (κ1) is 21.4. The molecule has 0 spiro atoms. The normalized spacial score (nSPS) is 11.5. The summed E-state index contributed by atoms with van der Waals surface area (Å²) in [5.74, 6) is -3.11. The summed E-state index contributed by atoms with van der Waals surface area (Å²) in [5, 5.41) is 13.0. The number of carbonyl (C=O) groups excluding carboxylic acids is 1. The molecule has 2 rings (SSSR count). The minimum atomic E-state index is -3.92. The molecule has 0 aliphatic rings. The lowest BCUT2D eigenvalue weighted by Gasteiger charge is -2.19. The smallest absolute Gasteiger partial charge is 0.306 e. The summed E-state index contributed by atoms with van der Waals surface area (Å²) in [6.45, 7) is 3.66. The molecule has 2 aromatic carbocycles. The number of carbonyl (C=O) groups is 1. The van der Waals surface area contributed by atoms with Crippen LogP contribution in [0.2, 0.25) is 0 Å². The van der Waals surface area contributed by atoms with Gasteiger partial charge in [-0.15, -0.1) is 0 Å². The zero-order valence-electron chi connectivity index (χ0n) is 15.0. The van der Waals surface area contributed by atoms with Crippen LogP contribution in [0.25, 0.3) is 0 Å². The molecule has 0 saturated heterocycles. The summed E-state index contributed by atoms with van der Waals surface area (Å²) in [6.07, 6.45) is 0. The zero-order valence-corrected chi connectivity index (χ0v) is 15.8. The second-order valence-electron chi connectivity index (χ2n) is 5.61. The quantitative estimate of drug-likeness (QED) is 0.554. The number of halogens is 2. The van der Waals surface area contributed by atoms with Gasteiger partial charge in [-0.2, -0.15) is 8.70 Å². The third-order valence-corrected chi connectivity index (χ3v) is 5.97. The van der Waals surface area contributed by atoms with Crippen molar-refractivity contribution in [3.8, 4) is 0 Å². The van der Waals surface area contributed by atoms with Gasteiger partial charge in [-0.3, -0.25) is 14.9 Å². The Morgan fingerprint density at radius 2 is 1.71 bits per heavy atom. The van der Waals surface area contributed by atoms with Crippen LogP contribution in [0.3, 0.4) is 0 Å². The lowest BCUT2D eigenvalue weighted by Crippen LogP contribution is -2.31. The molecule has 0 saturated carbocycles. The van der Waals surface area contributed by atoms with Gasteiger partial charge in [-0.25, -0.2) is 12.8 Å². The molecule has 0 aliphatic heterocycles. The van der Waals surface area contributed by atoms with Crippen LogP contribution in [0.1, 0.15) is 24.2 Å². The Morgan fingerprint density at radius 1 is 1.11 bits per heavy atom. The van der Waals surface area contributed by atoms with Crippen LogP contribution in [0.15, 0.2) is 41.3 Å². The summed E-state index contributed by atoms with van der Waals surface area (Å²) in [4.78, 5) is 21.9. The topological polar surface area (TPSA) is 110 Å². The number of rotatable bonds is 7. The van der Waals surface area contributed by atoms with Crippen LogP contribution in [-0.4, -0.2) is 36.6 Å². The second kappa shape index (κ2) is 8.40. The molecule has 1 N–H and O–H groups in total. The van der Waals surface area contributed by atoms with Crippen LogP contribution in [-0.2, 0) is 10.0 Å². The number of nitro groups is 1. The minimum Gasteiger partial charge on any atom is -0.322 e. The first-order valence-corrected chi connectivity index (χ1v) is 9.60. The van der Waals surface area contributed by atoms with Crippen LogP contribution < -0.4 is 5.32 Å². The van der Waals surface area contributed by atoms with E-state index in [-0.39, 0.29) is 23.7 Å². The molecule has 0 atom stereocenters. The van der Waals surface area contributed by atoms with Crippen molar-refractivity contribution < 1.29 is 26.9 Å². The average Bonchev–Trinajstić information content (AvgIpc) is 2.63. The molecular weight excluding hydrogens is 396 g/mol. The van der Waals surface area contributed by atoms with Crippen molar-refractivity contribution in [3.05, 3.63) is 63.7 Å². The Labute approximate surface area is 160 Å². The highest BCUT2D eigenvalue weighted by Crippen LogP contribution is 2.24. The Bertz CT molecular complexity index is 1020. The number of nitro benzene ring substituents is 1. The predicted molar refractivity (Wildman–Crippen MR) is 97.5 cm³/mol. The van der Waals surface area contributed by atoms with Gasteiger partial charge < -0.3 is 5.32 Å². The highest BCUT2D eigenvalue weighted by molar-refractivity contribution is 7.89. The number of nitrogens with zero attached hydrogens (tertiary/aromatic N) is 2. The Hall–Kier alpha value is -2.92. The van der Waals surface area contributed by atoms with E-state index in [0.29, 0.717) is 0 Å². The van der Waals surface area contributed by atoms with E-state index in [1.54, 1.807) is 13.8 Å². The molecule has 0 bridgehead atoms. The fraction of sp³-hybridized carbons (Fsp3) is 0.235. The van der Waals surface area contributed by atoms with Crippen molar-refractivity contribution in [2.75, 3.05) is 18.4 Å². The fourth-order valence-corrected chi connectivity index (χ4v) is 3.96. The first-order chi connectivity index (χ1) is 13.1. The van der Waals surface area contributed by atoms with Crippen molar-refractivity contribution in [1.82, 2.24) is 4.31 Å². The van der Waals surface area contributed by atoms with Gasteiger partial charge in [0.05, 0.1) is 15.4 Å². The molecule has 0 heterocycles. The van der Waals surface area contributed by atoms with Crippen LogP contribution in [0.4, 0.5) is 20.2 Å². The number of benzene rings is 2. The number of anilines is 1. The number of hydrogen-bond donors (Lipinski definition) is 1. The fourth-order valence-electron chi connectivity index (χ4n) is 2.48. The Morgan fingerprint density at radius 3 is 2.29 bits per heavy atom. The summed E-state index contributed by atoms with van der Waals surface area (Å²) in [5.41, 5.74) is -1.58. The number of amides is 1. The highest BCUT2D eigenvalue weighted by atomic mass is 32.2. The second-order valence-corrected chi connectivity index (χ2v) is 7.55. The molecule has 0 aromatic heterocycles. The molecule has 0 unspecified atom stereocenters. The molecule has 28 heavy (non-hydrogen) atoms. The molecule has 1 amide bonds. The van der Waals surface area contributed by atoms with Crippen LogP contribution >= 0.6 is 0 Å². The van der Waals surface area contributed by atoms with E-state index in [1.165, 1.54) is 0 Å². The molecule has 0 radical (unpaired) electrons. The number of hydrogen-bond acceptors (Lipinski definition) is 5. The van der Waals surface area contributed by atoms with Gasteiger partial charge in [0.2, 0.25) is 15.8 Å². The monoisotopic (exact) mass is 413 g/mol. The molecule has 0 aliphatic carbocycles. The van der Waals surface area contributed by atoms with Gasteiger partial charge in [0.15, 0.2) is 0 Å². The summed E-state index contributed by atoms with van der Waals surface area (Å²) in [6, 6.07) is 5.40.